The molecule has 0 saturated heterocycles. The molecule has 0 amide bonds. The molecule has 126 valence electrons. The Morgan fingerprint density at radius 1 is 0.846 bits per heavy atom. The first-order valence-corrected chi connectivity index (χ1v) is 8.83. The van der Waals surface area contributed by atoms with E-state index in [1.807, 2.05) is 54.6 Å². The van der Waals surface area contributed by atoms with E-state index < -0.39 is 4.92 Å². The second-order valence-electron chi connectivity index (χ2n) is 5.80. The largest absolute Gasteiger partial charge is 0.289 e. The number of nitrogens with zero attached hydrogens (tertiary/aromatic N) is 1. The molecule has 0 aliphatic rings. The molecule has 0 radical (unpaired) electrons. The molecule has 0 aliphatic carbocycles. The lowest BCUT2D eigenvalue weighted by Crippen LogP contribution is -2.02. The molecule has 0 fully saturated rings. The molecule has 3 aromatic carbocycles. The third kappa shape index (κ3) is 2.78. The summed E-state index contributed by atoms with van der Waals surface area (Å²) in [5.41, 5.74) is 2.04. The van der Waals surface area contributed by atoms with Crippen LogP contribution in [0.25, 0.3) is 20.5 Å². The fraction of sp³-hybridized carbons (Fsp3) is 0. The molecule has 0 N–H and O–H groups in total. The number of non-ortho nitro benzene ring substituents is 1. The van der Waals surface area contributed by atoms with Crippen molar-refractivity contribution in [1.29, 1.82) is 0 Å². The van der Waals surface area contributed by atoms with Gasteiger partial charge in [-0.3, -0.25) is 14.9 Å². The van der Waals surface area contributed by atoms with Crippen LogP contribution >= 0.6 is 11.3 Å². The van der Waals surface area contributed by atoms with Crippen LogP contribution in [-0.4, -0.2) is 10.7 Å². The van der Waals surface area contributed by atoms with Crippen LogP contribution in [0, 0.1) is 10.1 Å². The van der Waals surface area contributed by atoms with Crippen LogP contribution in [0.3, 0.4) is 0 Å². The van der Waals surface area contributed by atoms with E-state index in [2.05, 4.69) is 0 Å². The van der Waals surface area contributed by atoms with Crippen molar-refractivity contribution in [2.75, 3.05) is 0 Å². The predicted molar refractivity (Wildman–Crippen MR) is 104 cm³/mol. The van der Waals surface area contributed by atoms with Gasteiger partial charge in [-0.25, -0.2) is 0 Å². The molecule has 4 rings (SSSR count). The van der Waals surface area contributed by atoms with Crippen LogP contribution in [0.5, 0.6) is 0 Å². The number of rotatable bonds is 4. The number of benzene rings is 3. The summed E-state index contributed by atoms with van der Waals surface area (Å²) in [5, 5.41) is 11.7. The Hall–Kier alpha value is -3.31. The van der Waals surface area contributed by atoms with E-state index in [1.165, 1.54) is 24.3 Å². The highest BCUT2D eigenvalue weighted by Crippen LogP contribution is 2.39. The summed E-state index contributed by atoms with van der Waals surface area (Å²) in [6.45, 7) is 0. The fourth-order valence-electron chi connectivity index (χ4n) is 2.94. The molecule has 0 bridgehead atoms. The lowest BCUT2D eigenvalue weighted by Gasteiger charge is -2.05. The van der Waals surface area contributed by atoms with Crippen LogP contribution < -0.4 is 0 Å². The summed E-state index contributed by atoms with van der Waals surface area (Å²) >= 11 is 1.58. The van der Waals surface area contributed by atoms with E-state index in [-0.39, 0.29) is 11.5 Å². The number of carbonyl (C=O) groups excluding carboxylic acids is 1. The highest BCUT2D eigenvalue weighted by atomic mass is 32.1. The molecule has 1 aromatic heterocycles. The van der Waals surface area contributed by atoms with Gasteiger partial charge in [0.2, 0.25) is 0 Å². The normalized spacial score (nSPS) is 10.8. The van der Waals surface area contributed by atoms with E-state index in [4.69, 9.17) is 0 Å². The third-order valence-corrected chi connectivity index (χ3v) is 5.42. The summed E-state index contributed by atoms with van der Waals surface area (Å²) in [4.78, 5) is 24.5. The predicted octanol–water partition coefficient (Wildman–Crippen LogP) is 5.71. The van der Waals surface area contributed by atoms with Crippen LogP contribution in [0.1, 0.15) is 15.9 Å². The lowest BCUT2D eigenvalue weighted by atomic mass is 9.97. The van der Waals surface area contributed by atoms with Crippen molar-refractivity contribution in [3.63, 3.8) is 0 Å². The molecule has 0 saturated carbocycles. The quantitative estimate of drug-likeness (QED) is 0.266. The van der Waals surface area contributed by atoms with Crippen molar-refractivity contribution in [3.8, 4) is 10.4 Å². The molecular weight excluding hydrogens is 346 g/mol. The van der Waals surface area contributed by atoms with Crippen LogP contribution in [-0.2, 0) is 0 Å². The standard InChI is InChI=1S/C21H13NO3S/c23-20(14-10-12-16(13-11-14)22(24)25)19-17-8-4-5-9-18(17)26-21(19)15-6-2-1-3-7-15/h1-13H. The van der Waals surface area contributed by atoms with Crippen LogP contribution in [0.2, 0.25) is 0 Å². The Bertz CT molecular complexity index is 1120. The van der Waals surface area contributed by atoms with Crippen molar-refractivity contribution in [2.45, 2.75) is 0 Å². The number of thiophene rings is 1. The molecule has 0 spiro atoms. The van der Waals surface area contributed by atoms with Crippen LogP contribution in [0.4, 0.5) is 5.69 Å². The first-order chi connectivity index (χ1) is 12.6. The number of fused-ring (bicyclic) bond motifs is 1. The highest BCUT2D eigenvalue weighted by Gasteiger charge is 2.21. The number of hydrogen-bond donors (Lipinski definition) is 0. The van der Waals surface area contributed by atoms with Crippen molar-refractivity contribution in [1.82, 2.24) is 0 Å². The van der Waals surface area contributed by atoms with Gasteiger partial charge in [0.05, 0.1) is 4.92 Å². The van der Waals surface area contributed by atoms with E-state index in [0.717, 1.165) is 20.5 Å². The zero-order chi connectivity index (χ0) is 18.1. The number of carbonyl (C=O) groups is 1. The zero-order valence-electron chi connectivity index (χ0n) is 13.6. The minimum absolute atomic E-state index is 0.0278. The molecule has 4 aromatic rings. The molecule has 0 atom stereocenters. The first kappa shape index (κ1) is 16.2. The van der Waals surface area contributed by atoms with Crippen molar-refractivity contribution >= 4 is 32.9 Å². The lowest BCUT2D eigenvalue weighted by molar-refractivity contribution is -0.384. The number of nitro benzene ring substituents is 1. The topological polar surface area (TPSA) is 60.2 Å². The maximum Gasteiger partial charge on any atom is 0.269 e. The van der Waals surface area contributed by atoms with Gasteiger partial charge in [0.1, 0.15) is 0 Å². The Morgan fingerprint density at radius 2 is 1.50 bits per heavy atom. The molecular formula is C21H13NO3S. The molecule has 26 heavy (non-hydrogen) atoms. The fourth-order valence-corrected chi connectivity index (χ4v) is 4.15. The van der Waals surface area contributed by atoms with Gasteiger partial charge in [-0.1, -0.05) is 48.5 Å². The molecule has 0 aliphatic heterocycles. The Labute approximate surface area is 153 Å². The van der Waals surface area contributed by atoms with E-state index >= 15 is 0 Å². The smallest absolute Gasteiger partial charge is 0.269 e. The molecule has 1 heterocycles. The summed E-state index contributed by atoms with van der Waals surface area (Å²) < 4.78 is 1.04. The molecule has 0 unspecified atom stereocenters. The zero-order valence-corrected chi connectivity index (χ0v) is 14.4. The van der Waals surface area contributed by atoms with Gasteiger partial charge in [0.15, 0.2) is 5.78 Å². The second kappa shape index (κ2) is 6.54. The molecule has 5 heteroatoms. The highest BCUT2D eigenvalue weighted by molar-refractivity contribution is 7.22. The van der Waals surface area contributed by atoms with Crippen LogP contribution in [0.15, 0.2) is 78.9 Å². The van der Waals surface area contributed by atoms with Gasteiger partial charge < -0.3 is 0 Å². The van der Waals surface area contributed by atoms with E-state index in [9.17, 15) is 14.9 Å². The number of ketones is 1. The monoisotopic (exact) mass is 359 g/mol. The number of nitro groups is 1. The second-order valence-corrected chi connectivity index (χ2v) is 6.85. The van der Waals surface area contributed by atoms with Gasteiger partial charge in [0, 0.05) is 38.2 Å². The Kier molecular flexibility index (Phi) is 4.07. The minimum Gasteiger partial charge on any atom is -0.289 e. The summed E-state index contributed by atoms with van der Waals surface area (Å²) in [6, 6.07) is 23.4. The Balaban J connectivity index is 1.89. The van der Waals surface area contributed by atoms with Crippen molar-refractivity contribution in [3.05, 3.63) is 100 Å². The Morgan fingerprint density at radius 3 is 2.19 bits per heavy atom. The van der Waals surface area contributed by atoms with Crippen molar-refractivity contribution in [2.24, 2.45) is 0 Å². The van der Waals surface area contributed by atoms with Crippen molar-refractivity contribution < 1.29 is 9.72 Å². The van der Waals surface area contributed by atoms with Gasteiger partial charge >= 0.3 is 0 Å². The van der Waals surface area contributed by atoms with Gasteiger partial charge in [-0.05, 0) is 23.8 Å². The average Bonchev–Trinajstić information content (AvgIpc) is 3.08. The van der Waals surface area contributed by atoms with E-state index in [0.29, 0.717) is 11.1 Å². The minimum atomic E-state index is -0.469. The first-order valence-electron chi connectivity index (χ1n) is 8.01. The maximum absolute atomic E-state index is 13.2. The van der Waals surface area contributed by atoms with Gasteiger partial charge in [-0.2, -0.15) is 0 Å². The summed E-state index contributed by atoms with van der Waals surface area (Å²) in [7, 11) is 0. The maximum atomic E-state index is 13.2. The van der Waals surface area contributed by atoms with Gasteiger partial charge in [0.25, 0.3) is 5.69 Å². The average molecular weight is 359 g/mol. The third-order valence-electron chi connectivity index (χ3n) is 4.20. The van der Waals surface area contributed by atoms with E-state index in [1.54, 1.807) is 11.3 Å². The number of hydrogen-bond acceptors (Lipinski definition) is 4. The summed E-state index contributed by atoms with van der Waals surface area (Å²) in [5.74, 6) is -0.129. The summed E-state index contributed by atoms with van der Waals surface area (Å²) in [6.07, 6.45) is 0. The SMILES string of the molecule is O=C(c1ccc([N+](=O)[O-])cc1)c1c(-c2ccccc2)sc2ccccc12. The van der Waals surface area contributed by atoms with Gasteiger partial charge in [-0.15, -0.1) is 11.3 Å². The molecule has 4 nitrogen and oxygen atoms in total.